The molecule has 4 aromatic rings. The Morgan fingerprint density at radius 3 is 2.68 bits per heavy atom. The molecule has 1 N–H and O–H groups in total. The molecule has 31 heavy (non-hydrogen) atoms. The van der Waals surface area contributed by atoms with Crippen molar-refractivity contribution in [3.8, 4) is 11.4 Å². The van der Waals surface area contributed by atoms with Gasteiger partial charge in [-0.2, -0.15) is 0 Å². The van der Waals surface area contributed by atoms with E-state index in [0.29, 0.717) is 23.1 Å². The number of non-ortho nitro benzene ring substituents is 1. The van der Waals surface area contributed by atoms with E-state index >= 15 is 0 Å². The zero-order valence-corrected chi connectivity index (χ0v) is 17.5. The Bertz CT molecular complexity index is 1270. The molecular weight excluding hydrogens is 414 g/mol. The highest BCUT2D eigenvalue weighted by atomic mass is 32.2. The molecule has 0 bridgehead atoms. The highest BCUT2D eigenvalue weighted by molar-refractivity contribution is 7.99. The number of nitro groups is 1. The quantitative estimate of drug-likeness (QED) is 0.256. The maximum Gasteiger partial charge on any atom is 0.270 e. The van der Waals surface area contributed by atoms with Crippen LogP contribution in [0.5, 0.6) is 0 Å². The lowest BCUT2D eigenvalue weighted by molar-refractivity contribution is -0.384. The van der Waals surface area contributed by atoms with Gasteiger partial charge in [-0.3, -0.25) is 14.9 Å². The molecule has 156 valence electrons. The minimum absolute atomic E-state index is 0.00757. The fourth-order valence-corrected chi connectivity index (χ4v) is 4.11. The molecule has 0 aliphatic rings. The van der Waals surface area contributed by atoms with E-state index in [1.54, 1.807) is 12.1 Å². The molecule has 8 nitrogen and oxygen atoms in total. The van der Waals surface area contributed by atoms with Crippen molar-refractivity contribution < 1.29 is 9.72 Å². The summed E-state index contributed by atoms with van der Waals surface area (Å²) in [6, 6.07) is 19.9. The van der Waals surface area contributed by atoms with Crippen molar-refractivity contribution in [2.45, 2.75) is 18.6 Å². The largest absolute Gasteiger partial charge is 0.325 e. The summed E-state index contributed by atoms with van der Waals surface area (Å²) in [4.78, 5) is 23.2. The highest BCUT2D eigenvalue weighted by Gasteiger charge is 2.17. The number of rotatable bonds is 7. The standard InChI is InChI=1S/C22H19N5O3S/c1-2-26-21(16-9-5-10-17(13-16)27(29)30)24-25-22(26)31-14-20(28)23-19-12-6-8-15-7-3-4-11-18(15)19/h3-13H,2,14H2,1H3,(H,23,28). The van der Waals surface area contributed by atoms with Gasteiger partial charge in [0.15, 0.2) is 11.0 Å². The van der Waals surface area contributed by atoms with E-state index in [0.717, 1.165) is 16.5 Å². The van der Waals surface area contributed by atoms with Crippen molar-refractivity contribution in [2.75, 3.05) is 11.1 Å². The van der Waals surface area contributed by atoms with Crippen LogP contribution in [0.3, 0.4) is 0 Å². The number of carbonyl (C=O) groups excluding carboxylic acids is 1. The van der Waals surface area contributed by atoms with Crippen LogP contribution in [-0.4, -0.2) is 31.3 Å². The van der Waals surface area contributed by atoms with Gasteiger partial charge in [0.1, 0.15) is 0 Å². The Morgan fingerprint density at radius 2 is 1.87 bits per heavy atom. The average Bonchev–Trinajstić information content (AvgIpc) is 3.21. The van der Waals surface area contributed by atoms with Gasteiger partial charge in [0, 0.05) is 35.3 Å². The number of nitro benzene ring substituents is 1. The molecule has 0 spiro atoms. The molecule has 0 saturated heterocycles. The van der Waals surface area contributed by atoms with Crippen LogP contribution < -0.4 is 5.32 Å². The van der Waals surface area contributed by atoms with Crippen LogP contribution in [0.1, 0.15) is 6.92 Å². The molecule has 0 fully saturated rings. The third-order valence-corrected chi connectivity index (χ3v) is 5.71. The zero-order valence-electron chi connectivity index (χ0n) is 16.7. The van der Waals surface area contributed by atoms with Crippen LogP contribution in [0.25, 0.3) is 22.2 Å². The Hall–Kier alpha value is -3.72. The van der Waals surface area contributed by atoms with E-state index in [1.807, 2.05) is 54.0 Å². The van der Waals surface area contributed by atoms with E-state index in [4.69, 9.17) is 0 Å². The first kappa shape index (κ1) is 20.5. The molecule has 4 rings (SSSR count). The summed E-state index contributed by atoms with van der Waals surface area (Å²) in [5.74, 6) is 0.545. The fourth-order valence-electron chi connectivity index (χ4n) is 3.30. The first-order valence-corrected chi connectivity index (χ1v) is 10.6. The normalized spacial score (nSPS) is 10.9. The number of thioether (sulfide) groups is 1. The first-order valence-electron chi connectivity index (χ1n) is 9.65. The summed E-state index contributed by atoms with van der Waals surface area (Å²) in [6.07, 6.45) is 0. The monoisotopic (exact) mass is 433 g/mol. The summed E-state index contributed by atoms with van der Waals surface area (Å²) < 4.78 is 1.84. The highest BCUT2D eigenvalue weighted by Crippen LogP contribution is 2.27. The van der Waals surface area contributed by atoms with Crippen LogP contribution in [0.15, 0.2) is 71.9 Å². The molecular formula is C22H19N5O3S. The molecule has 0 aliphatic heterocycles. The number of nitrogens with zero attached hydrogens (tertiary/aromatic N) is 4. The summed E-state index contributed by atoms with van der Waals surface area (Å²) in [5, 5.41) is 25.0. The second-order valence-electron chi connectivity index (χ2n) is 6.72. The molecule has 3 aromatic carbocycles. The lowest BCUT2D eigenvalue weighted by Crippen LogP contribution is -2.15. The van der Waals surface area contributed by atoms with Gasteiger partial charge in [0.05, 0.1) is 10.7 Å². The number of benzene rings is 3. The van der Waals surface area contributed by atoms with E-state index in [2.05, 4.69) is 15.5 Å². The molecule has 0 unspecified atom stereocenters. The summed E-state index contributed by atoms with van der Waals surface area (Å²) >= 11 is 1.27. The van der Waals surface area contributed by atoms with Crippen LogP contribution >= 0.6 is 11.8 Å². The van der Waals surface area contributed by atoms with Crippen molar-refractivity contribution in [3.63, 3.8) is 0 Å². The number of hydrogen-bond donors (Lipinski definition) is 1. The van der Waals surface area contributed by atoms with Crippen LogP contribution in [0.2, 0.25) is 0 Å². The predicted octanol–water partition coefficient (Wildman–Crippen LogP) is 4.76. The fraction of sp³-hybridized carbons (Fsp3) is 0.136. The minimum Gasteiger partial charge on any atom is -0.325 e. The van der Waals surface area contributed by atoms with Gasteiger partial charge < -0.3 is 9.88 Å². The molecule has 1 heterocycles. The number of amides is 1. The summed E-state index contributed by atoms with van der Waals surface area (Å²) in [7, 11) is 0. The van der Waals surface area contributed by atoms with Crippen molar-refractivity contribution in [1.82, 2.24) is 14.8 Å². The zero-order chi connectivity index (χ0) is 21.8. The number of fused-ring (bicyclic) bond motifs is 1. The Labute approximate surface area is 182 Å². The Kier molecular flexibility index (Phi) is 5.94. The first-order chi connectivity index (χ1) is 15.1. The van der Waals surface area contributed by atoms with Crippen molar-refractivity contribution in [1.29, 1.82) is 0 Å². The van der Waals surface area contributed by atoms with Crippen molar-refractivity contribution >= 4 is 39.8 Å². The summed E-state index contributed by atoms with van der Waals surface area (Å²) in [5.41, 5.74) is 1.36. The Morgan fingerprint density at radius 1 is 1.10 bits per heavy atom. The minimum atomic E-state index is -0.441. The topological polar surface area (TPSA) is 103 Å². The van der Waals surface area contributed by atoms with Gasteiger partial charge in [0.2, 0.25) is 5.91 Å². The van der Waals surface area contributed by atoms with Gasteiger partial charge in [-0.25, -0.2) is 0 Å². The number of aromatic nitrogens is 3. The molecule has 1 aromatic heterocycles. The van der Waals surface area contributed by atoms with Crippen molar-refractivity contribution in [3.05, 3.63) is 76.8 Å². The maximum absolute atomic E-state index is 12.6. The van der Waals surface area contributed by atoms with Gasteiger partial charge in [-0.15, -0.1) is 10.2 Å². The summed E-state index contributed by atoms with van der Waals surface area (Å²) in [6.45, 7) is 2.50. The predicted molar refractivity (Wildman–Crippen MR) is 121 cm³/mol. The maximum atomic E-state index is 12.6. The van der Waals surface area contributed by atoms with Crippen LogP contribution in [0.4, 0.5) is 11.4 Å². The third-order valence-electron chi connectivity index (χ3n) is 4.74. The molecule has 0 aliphatic carbocycles. The van der Waals surface area contributed by atoms with E-state index in [1.165, 1.54) is 23.9 Å². The van der Waals surface area contributed by atoms with Crippen molar-refractivity contribution in [2.24, 2.45) is 0 Å². The molecule has 9 heteroatoms. The van der Waals surface area contributed by atoms with E-state index in [-0.39, 0.29) is 17.3 Å². The Balaban J connectivity index is 1.49. The molecule has 1 amide bonds. The van der Waals surface area contributed by atoms with Gasteiger partial charge in [-0.1, -0.05) is 60.3 Å². The van der Waals surface area contributed by atoms with E-state index in [9.17, 15) is 14.9 Å². The average molecular weight is 433 g/mol. The second kappa shape index (κ2) is 8.97. The number of nitrogens with one attached hydrogen (secondary N) is 1. The van der Waals surface area contributed by atoms with E-state index < -0.39 is 4.92 Å². The van der Waals surface area contributed by atoms with Crippen LogP contribution in [-0.2, 0) is 11.3 Å². The van der Waals surface area contributed by atoms with Gasteiger partial charge in [0.25, 0.3) is 5.69 Å². The second-order valence-corrected chi connectivity index (χ2v) is 7.66. The SMILES string of the molecule is CCn1c(SCC(=O)Nc2cccc3ccccc23)nnc1-c1cccc([N+](=O)[O-])c1. The molecule has 0 atom stereocenters. The number of carbonyl (C=O) groups is 1. The van der Waals surface area contributed by atoms with Gasteiger partial charge >= 0.3 is 0 Å². The molecule has 0 radical (unpaired) electrons. The van der Waals surface area contributed by atoms with Gasteiger partial charge in [-0.05, 0) is 18.4 Å². The number of hydrogen-bond acceptors (Lipinski definition) is 6. The lowest BCUT2D eigenvalue weighted by Gasteiger charge is -2.09. The third kappa shape index (κ3) is 4.41. The van der Waals surface area contributed by atoms with Crippen LogP contribution in [0, 0.1) is 10.1 Å². The lowest BCUT2D eigenvalue weighted by atomic mass is 10.1. The number of anilines is 1. The smallest absolute Gasteiger partial charge is 0.270 e. The molecule has 0 saturated carbocycles.